The molecule has 1 N–H and O–H groups in total. The highest BCUT2D eigenvalue weighted by Crippen LogP contribution is 2.48. The van der Waals surface area contributed by atoms with Gasteiger partial charge in [0.2, 0.25) is 5.91 Å². The summed E-state index contributed by atoms with van der Waals surface area (Å²) >= 11 is 0. The molecule has 2 aliphatic rings. The van der Waals surface area contributed by atoms with Gasteiger partial charge in [-0.15, -0.1) is 0 Å². The number of likely N-dealkylation sites (tertiary alicyclic amines) is 1. The van der Waals surface area contributed by atoms with Gasteiger partial charge in [-0.3, -0.25) is 9.59 Å². The van der Waals surface area contributed by atoms with Crippen LogP contribution in [0.25, 0.3) is 0 Å². The van der Waals surface area contributed by atoms with Crippen LogP contribution in [-0.2, 0) is 16.0 Å². The molecule has 2 fully saturated rings. The molecule has 0 radical (unpaired) electrons. The van der Waals surface area contributed by atoms with Crippen molar-refractivity contribution in [2.75, 3.05) is 13.1 Å². The fourth-order valence-electron chi connectivity index (χ4n) is 3.67. The van der Waals surface area contributed by atoms with E-state index in [4.69, 9.17) is 4.42 Å². The third-order valence-electron chi connectivity index (χ3n) is 4.81. The number of aliphatic carboxylic acids is 1. The first-order valence-corrected chi connectivity index (χ1v) is 7.15. The van der Waals surface area contributed by atoms with Crippen LogP contribution in [0.5, 0.6) is 0 Å². The van der Waals surface area contributed by atoms with E-state index in [0.717, 1.165) is 18.6 Å². The van der Waals surface area contributed by atoms with Crippen LogP contribution in [0.2, 0.25) is 0 Å². The molecule has 0 unspecified atom stereocenters. The fourth-order valence-corrected chi connectivity index (χ4v) is 3.67. The summed E-state index contributed by atoms with van der Waals surface area (Å²) in [4.78, 5) is 25.5. The molecule has 1 amide bonds. The summed E-state index contributed by atoms with van der Waals surface area (Å²) in [5.74, 6) is 0.232. The van der Waals surface area contributed by atoms with Gasteiger partial charge in [-0.25, -0.2) is 0 Å². The first-order chi connectivity index (χ1) is 9.62. The van der Waals surface area contributed by atoms with E-state index in [0.29, 0.717) is 32.4 Å². The molecule has 1 saturated heterocycles. The molecule has 2 atom stereocenters. The molecule has 0 bridgehead atoms. The van der Waals surface area contributed by atoms with E-state index in [1.54, 1.807) is 17.2 Å². The Hall–Kier alpha value is -1.78. The Morgan fingerprint density at radius 2 is 2.35 bits per heavy atom. The Morgan fingerprint density at radius 1 is 1.50 bits per heavy atom. The zero-order valence-electron chi connectivity index (χ0n) is 11.4. The molecule has 1 aliphatic carbocycles. The maximum absolute atomic E-state index is 12.2. The first kappa shape index (κ1) is 13.2. The number of carboxylic acid groups (broad SMARTS) is 1. The van der Waals surface area contributed by atoms with Crippen LogP contribution in [0.4, 0.5) is 0 Å². The van der Waals surface area contributed by atoms with Crippen LogP contribution in [0, 0.1) is 11.3 Å². The smallest absolute Gasteiger partial charge is 0.311 e. The molecule has 1 aliphatic heterocycles. The van der Waals surface area contributed by atoms with Crippen molar-refractivity contribution >= 4 is 11.9 Å². The standard InChI is InChI=1S/C15H19NO4/c17-13(6-5-12-4-2-8-20-12)16-9-11-3-1-7-15(11,10-16)14(18)19/h2,4,8,11H,1,3,5-7,9-10H2,(H,18,19)/t11-,15+/m0/s1. The predicted octanol–water partition coefficient (Wildman–Crippen LogP) is 1.93. The highest BCUT2D eigenvalue weighted by molar-refractivity contribution is 5.81. The SMILES string of the molecule is O=C(CCc1ccco1)N1C[C@@H]2CCC[C@@]2(C(=O)O)C1. The maximum atomic E-state index is 12.2. The minimum atomic E-state index is -0.735. The predicted molar refractivity (Wildman–Crippen MR) is 71.0 cm³/mol. The molecule has 2 heterocycles. The molecule has 1 aromatic rings. The summed E-state index contributed by atoms with van der Waals surface area (Å²) in [5, 5.41) is 9.50. The zero-order valence-corrected chi connectivity index (χ0v) is 11.4. The zero-order chi connectivity index (χ0) is 14.2. The molecule has 0 spiro atoms. The lowest BCUT2D eigenvalue weighted by molar-refractivity contribution is -0.149. The molecule has 1 saturated carbocycles. The van der Waals surface area contributed by atoms with Crippen molar-refractivity contribution in [2.24, 2.45) is 11.3 Å². The van der Waals surface area contributed by atoms with Gasteiger partial charge in [0.25, 0.3) is 0 Å². The number of carbonyl (C=O) groups is 2. The van der Waals surface area contributed by atoms with E-state index in [-0.39, 0.29) is 11.8 Å². The molecular formula is C15H19NO4. The lowest BCUT2D eigenvalue weighted by atomic mass is 9.81. The van der Waals surface area contributed by atoms with Gasteiger partial charge in [-0.2, -0.15) is 0 Å². The maximum Gasteiger partial charge on any atom is 0.311 e. The van der Waals surface area contributed by atoms with Crippen LogP contribution in [0.3, 0.4) is 0 Å². The van der Waals surface area contributed by atoms with Gasteiger partial charge in [0.05, 0.1) is 11.7 Å². The quantitative estimate of drug-likeness (QED) is 0.912. The number of nitrogens with zero attached hydrogens (tertiary/aromatic N) is 1. The summed E-state index contributed by atoms with van der Waals surface area (Å²) < 4.78 is 5.21. The molecule has 0 aromatic carbocycles. The third-order valence-corrected chi connectivity index (χ3v) is 4.81. The third kappa shape index (κ3) is 2.11. The number of fused-ring (bicyclic) bond motifs is 1. The number of carbonyl (C=O) groups excluding carboxylic acids is 1. The monoisotopic (exact) mass is 277 g/mol. The minimum absolute atomic E-state index is 0.0384. The average Bonchev–Trinajstić information content (AvgIpc) is 3.10. The van der Waals surface area contributed by atoms with Crippen molar-refractivity contribution in [1.29, 1.82) is 0 Å². The normalized spacial score (nSPS) is 28.6. The number of carboxylic acids is 1. The van der Waals surface area contributed by atoms with E-state index in [1.807, 2.05) is 6.07 Å². The Balaban J connectivity index is 1.62. The molecule has 108 valence electrons. The largest absolute Gasteiger partial charge is 0.481 e. The summed E-state index contributed by atoms with van der Waals surface area (Å²) in [7, 11) is 0. The summed E-state index contributed by atoms with van der Waals surface area (Å²) in [5.41, 5.74) is -0.680. The van der Waals surface area contributed by atoms with E-state index < -0.39 is 11.4 Å². The number of amides is 1. The van der Waals surface area contributed by atoms with Crippen molar-refractivity contribution < 1.29 is 19.1 Å². The van der Waals surface area contributed by atoms with Gasteiger partial charge in [0, 0.05) is 25.9 Å². The number of hydrogen-bond acceptors (Lipinski definition) is 3. The highest BCUT2D eigenvalue weighted by atomic mass is 16.4. The van der Waals surface area contributed by atoms with Gasteiger partial charge >= 0.3 is 5.97 Å². The Bertz CT molecular complexity index is 510. The second-order valence-electron chi connectivity index (χ2n) is 5.90. The molecule has 3 rings (SSSR count). The number of furan rings is 1. The van der Waals surface area contributed by atoms with Crippen LogP contribution in [0.1, 0.15) is 31.4 Å². The van der Waals surface area contributed by atoms with Crippen LogP contribution < -0.4 is 0 Å². The molecule has 5 nitrogen and oxygen atoms in total. The number of hydrogen-bond donors (Lipinski definition) is 1. The minimum Gasteiger partial charge on any atom is -0.481 e. The summed E-state index contributed by atoms with van der Waals surface area (Å²) in [6, 6.07) is 3.66. The summed E-state index contributed by atoms with van der Waals surface area (Å²) in [6.07, 6.45) is 5.15. The Morgan fingerprint density at radius 3 is 3.00 bits per heavy atom. The highest BCUT2D eigenvalue weighted by Gasteiger charge is 2.55. The van der Waals surface area contributed by atoms with Crippen LogP contribution in [0.15, 0.2) is 22.8 Å². The molecule has 5 heteroatoms. The van der Waals surface area contributed by atoms with Gasteiger partial charge < -0.3 is 14.4 Å². The Kier molecular flexibility index (Phi) is 3.28. The second-order valence-corrected chi connectivity index (χ2v) is 5.90. The van der Waals surface area contributed by atoms with E-state index in [2.05, 4.69) is 0 Å². The number of aryl methyl sites for hydroxylation is 1. The van der Waals surface area contributed by atoms with E-state index in [9.17, 15) is 14.7 Å². The van der Waals surface area contributed by atoms with E-state index in [1.165, 1.54) is 0 Å². The van der Waals surface area contributed by atoms with Crippen molar-refractivity contribution in [3.8, 4) is 0 Å². The molecular weight excluding hydrogens is 258 g/mol. The molecule has 20 heavy (non-hydrogen) atoms. The van der Waals surface area contributed by atoms with Crippen LogP contribution >= 0.6 is 0 Å². The van der Waals surface area contributed by atoms with Crippen molar-refractivity contribution in [1.82, 2.24) is 4.90 Å². The average molecular weight is 277 g/mol. The van der Waals surface area contributed by atoms with E-state index >= 15 is 0 Å². The lowest BCUT2D eigenvalue weighted by Crippen LogP contribution is -2.37. The van der Waals surface area contributed by atoms with Crippen molar-refractivity contribution in [2.45, 2.75) is 32.1 Å². The van der Waals surface area contributed by atoms with Crippen LogP contribution in [-0.4, -0.2) is 35.0 Å². The summed E-state index contributed by atoms with van der Waals surface area (Å²) in [6.45, 7) is 0.979. The van der Waals surface area contributed by atoms with Gasteiger partial charge in [-0.1, -0.05) is 6.42 Å². The van der Waals surface area contributed by atoms with Gasteiger partial charge in [0.15, 0.2) is 0 Å². The topological polar surface area (TPSA) is 70.8 Å². The number of rotatable bonds is 4. The fraction of sp³-hybridized carbons (Fsp3) is 0.600. The molecule has 1 aromatic heterocycles. The Labute approximate surface area is 117 Å². The lowest BCUT2D eigenvalue weighted by Gasteiger charge is -2.23. The van der Waals surface area contributed by atoms with Gasteiger partial charge in [0.1, 0.15) is 5.76 Å². The van der Waals surface area contributed by atoms with Gasteiger partial charge in [-0.05, 0) is 30.9 Å². The van der Waals surface area contributed by atoms with Crippen molar-refractivity contribution in [3.63, 3.8) is 0 Å². The first-order valence-electron chi connectivity index (χ1n) is 7.15. The van der Waals surface area contributed by atoms with Crippen molar-refractivity contribution in [3.05, 3.63) is 24.2 Å². The second kappa shape index (κ2) is 4.96.